The molecule has 1 fully saturated rings. The van der Waals surface area contributed by atoms with Gasteiger partial charge in [-0.25, -0.2) is 0 Å². The van der Waals surface area contributed by atoms with Gasteiger partial charge in [-0.15, -0.1) is 0 Å². The number of amides is 2. The Kier molecular flexibility index (Phi) is 4.10. The number of nitrogens with zero attached hydrogens (tertiary/aromatic N) is 1. The van der Waals surface area contributed by atoms with Gasteiger partial charge in [0.1, 0.15) is 6.54 Å². The van der Waals surface area contributed by atoms with E-state index in [1.165, 1.54) is 6.42 Å². The molecule has 1 rings (SSSR count). The van der Waals surface area contributed by atoms with Crippen molar-refractivity contribution in [1.82, 2.24) is 10.6 Å². The Balaban J connectivity index is 2.27. The molecule has 2 amide bonds. The third kappa shape index (κ3) is 3.24. The highest BCUT2D eigenvalue weighted by molar-refractivity contribution is 6.35. The lowest BCUT2D eigenvalue weighted by Crippen LogP contribution is -2.47. The smallest absolute Gasteiger partial charge is 0.310 e. The van der Waals surface area contributed by atoms with Crippen LogP contribution in [0.2, 0.25) is 0 Å². The van der Waals surface area contributed by atoms with Crippen molar-refractivity contribution >= 4 is 11.8 Å². The van der Waals surface area contributed by atoms with Gasteiger partial charge >= 0.3 is 11.8 Å². The second-order valence-electron chi connectivity index (χ2n) is 3.79. The van der Waals surface area contributed by atoms with Crippen molar-refractivity contribution < 1.29 is 9.59 Å². The summed E-state index contributed by atoms with van der Waals surface area (Å²) in [6, 6.07) is 1.78. The minimum absolute atomic E-state index is 0.0408. The molecule has 5 nitrogen and oxygen atoms in total. The van der Waals surface area contributed by atoms with Crippen molar-refractivity contribution in [2.24, 2.45) is 5.92 Å². The van der Waals surface area contributed by atoms with Gasteiger partial charge in [0.15, 0.2) is 0 Å². The van der Waals surface area contributed by atoms with Gasteiger partial charge < -0.3 is 10.6 Å². The number of hydrogen-bond acceptors (Lipinski definition) is 3. The van der Waals surface area contributed by atoms with Gasteiger partial charge in [-0.05, 0) is 25.7 Å². The van der Waals surface area contributed by atoms with Crippen LogP contribution >= 0.6 is 0 Å². The second kappa shape index (κ2) is 5.35. The summed E-state index contributed by atoms with van der Waals surface area (Å²) in [5, 5.41) is 13.0. The molecule has 0 bridgehead atoms. The van der Waals surface area contributed by atoms with Crippen LogP contribution < -0.4 is 10.6 Å². The zero-order chi connectivity index (χ0) is 11.3. The number of hydrogen-bond donors (Lipinski definition) is 2. The summed E-state index contributed by atoms with van der Waals surface area (Å²) < 4.78 is 0. The number of nitrogens with one attached hydrogen (secondary N) is 2. The standard InChI is InChI=1S/C10H15N3O2/c1-7(8-3-2-4-8)13-10(15)9(14)12-6-5-11/h7-8H,2-4,6H2,1H3,(H,12,14)(H,13,15). The van der Waals surface area contributed by atoms with Gasteiger partial charge in [0.25, 0.3) is 0 Å². The molecular weight excluding hydrogens is 194 g/mol. The first-order chi connectivity index (χ1) is 7.15. The Bertz CT molecular complexity index is 292. The zero-order valence-corrected chi connectivity index (χ0v) is 8.75. The van der Waals surface area contributed by atoms with Gasteiger partial charge in [-0.1, -0.05) is 6.42 Å². The second-order valence-corrected chi connectivity index (χ2v) is 3.79. The molecule has 0 aromatic rings. The Labute approximate surface area is 88.8 Å². The first-order valence-electron chi connectivity index (χ1n) is 5.10. The third-order valence-corrected chi connectivity index (χ3v) is 2.75. The molecule has 2 N–H and O–H groups in total. The summed E-state index contributed by atoms with van der Waals surface area (Å²) in [5.74, 6) is -0.884. The Morgan fingerprint density at radius 2 is 2.13 bits per heavy atom. The molecular formula is C10H15N3O2. The molecule has 0 aliphatic heterocycles. The average Bonchev–Trinajstić information content (AvgIpc) is 2.10. The molecule has 1 atom stereocenters. The van der Waals surface area contributed by atoms with Crippen LogP contribution in [0, 0.1) is 17.2 Å². The maximum absolute atomic E-state index is 11.3. The summed E-state index contributed by atoms with van der Waals surface area (Å²) in [6.07, 6.45) is 3.42. The topological polar surface area (TPSA) is 82.0 Å². The quantitative estimate of drug-likeness (QED) is 0.504. The Hall–Kier alpha value is -1.57. The molecule has 0 aromatic heterocycles. The van der Waals surface area contributed by atoms with Gasteiger partial charge in [0.05, 0.1) is 6.07 Å². The number of carbonyl (C=O) groups is 2. The normalized spacial score (nSPS) is 17.1. The van der Waals surface area contributed by atoms with Crippen LogP contribution in [0.4, 0.5) is 0 Å². The van der Waals surface area contributed by atoms with Crippen LogP contribution in [0.5, 0.6) is 0 Å². The maximum Gasteiger partial charge on any atom is 0.310 e. The van der Waals surface area contributed by atoms with Crippen LogP contribution in [0.25, 0.3) is 0 Å². The fourth-order valence-electron chi connectivity index (χ4n) is 1.53. The van der Waals surface area contributed by atoms with E-state index in [0.717, 1.165) is 12.8 Å². The lowest BCUT2D eigenvalue weighted by Gasteiger charge is -2.31. The predicted molar refractivity (Wildman–Crippen MR) is 53.6 cm³/mol. The average molecular weight is 209 g/mol. The molecule has 0 radical (unpaired) electrons. The van der Waals surface area contributed by atoms with Gasteiger partial charge in [-0.3, -0.25) is 9.59 Å². The molecule has 0 heterocycles. The minimum atomic E-state index is -0.734. The third-order valence-electron chi connectivity index (χ3n) is 2.75. The lowest BCUT2D eigenvalue weighted by molar-refractivity contribution is -0.139. The maximum atomic E-state index is 11.3. The van der Waals surface area contributed by atoms with Gasteiger partial charge in [-0.2, -0.15) is 5.26 Å². The molecule has 5 heteroatoms. The zero-order valence-electron chi connectivity index (χ0n) is 8.75. The van der Waals surface area contributed by atoms with E-state index in [-0.39, 0.29) is 12.6 Å². The highest BCUT2D eigenvalue weighted by Gasteiger charge is 2.26. The van der Waals surface area contributed by atoms with Crippen LogP contribution in [0.3, 0.4) is 0 Å². The largest absolute Gasteiger partial charge is 0.345 e. The number of rotatable bonds is 3. The monoisotopic (exact) mass is 209 g/mol. The first kappa shape index (κ1) is 11.5. The van der Waals surface area contributed by atoms with Crippen molar-refractivity contribution in [1.29, 1.82) is 5.26 Å². The molecule has 0 saturated heterocycles. The summed E-state index contributed by atoms with van der Waals surface area (Å²) in [6.45, 7) is 1.77. The van der Waals surface area contributed by atoms with Crippen molar-refractivity contribution in [3.63, 3.8) is 0 Å². The van der Waals surface area contributed by atoms with E-state index in [0.29, 0.717) is 5.92 Å². The molecule has 1 aliphatic rings. The van der Waals surface area contributed by atoms with Crippen molar-refractivity contribution in [3.05, 3.63) is 0 Å². The predicted octanol–water partition coefficient (Wildman–Crippen LogP) is -0.0690. The molecule has 15 heavy (non-hydrogen) atoms. The van der Waals surface area contributed by atoms with Crippen LogP contribution in [0.1, 0.15) is 26.2 Å². The highest BCUT2D eigenvalue weighted by atomic mass is 16.2. The molecule has 0 aromatic carbocycles. The van der Waals surface area contributed by atoms with Crippen LogP contribution in [0.15, 0.2) is 0 Å². The van der Waals surface area contributed by atoms with Gasteiger partial charge in [0, 0.05) is 6.04 Å². The van der Waals surface area contributed by atoms with E-state index in [9.17, 15) is 9.59 Å². The Morgan fingerprint density at radius 3 is 2.60 bits per heavy atom. The lowest BCUT2D eigenvalue weighted by atomic mass is 9.80. The van der Waals surface area contributed by atoms with Crippen molar-refractivity contribution in [3.8, 4) is 6.07 Å². The van der Waals surface area contributed by atoms with E-state index >= 15 is 0 Å². The van der Waals surface area contributed by atoms with Crippen LogP contribution in [-0.4, -0.2) is 24.4 Å². The summed E-state index contributed by atoms with van der Waals surface area (Å²) in [5.41, 5.74) is 0. The molecule has 1 aliphatic carbocycles. The van der Waals surface area contributed by atoms with E-state index in [2.05, 4.69) is 10.6 Å². The molecule has 1 saturated carbocycles. The molecule has 82 valence electrons. The summed E-state index contributed by atoms with van der Waals surface area (Å²) in [7, 11) is 0. The van der Waals surface area contributed by atoms with E-state index in [4.69, 9.17) is 5.26 Å². The van der Waals surface area contributed by atoms with Gasteiger partial charge in [0.2, 0.25) is 0 Å². The summed E-state index contributed by atoms with van der Waals surface area (Å²) in [4.78, 5) is 22.4. The number of carbonyl (C=O) groups excluding carboxylic acids is 2. The van der Waals surface area contributed by atoms with E-state index < -0.39 is 11.8 Å². The number of nitriles is 1. The van der Waals surface area contributed by atoms with E-state index in [1.54, 1.807) is 6.07 Å². The SMILES string of the molecule is CC(NC(=O)C(=O)NCC#N)C1CCC1. The Morgan fingerprint density at radius 1 is 1.47 bits per heavy atom. The van der Waals surface area contributed by atoms with Crippen LogP contribution in [-0.2, 0) is 9.59 Å². The minimum Gasteiger partial charge on any atom is -0.345 e. The molecule has 0 spiro atoms. The van der Waals surface area contributed by atoms with E-state index in [1.807, 2.05) is 6.92 Å². The fraction of sp³-hybridized carbons (Fsp3) is 0.700. The van der Waals surface area contributed by atoms with Crippen molar-refractivity contribution in [2.45, 2.75) is 32.2 Å². The fourth-order valence-corrected chi connectivity index (χ4v) is 1.53. The summed E-state index contributed by atoms with van der Waals surface area (Å²) >= 11 is 0. The van der Waals surface area contributed by atoms with Crippen molar-refractivity contribution in [2.75, 3.05) is 6.54 Å². The molecule has 1 unspecified atom stereocenters. The first-order valence-corrected chi connectivity index (χ1v) is 5.10. The highest BCUT2D eigenvalue weighted by Crippen LogP contribution is 2.29.